The monoisotopic (exact) mass is 406 g/mol. The molecule has 0 aliphatic heterocycles. The van der Waals surface area contributed by atoms with E-state index in [1.165, 1.54) is 62.5 Å². The van der Waals surface area contributed by atoms with Crippen molar-refractivity contribution in [3.05, 3.63) is 70.8 Å². The lowest BCUT2D eigenvalue weighted by Crippen LogP contribution is -2.05. The van der Waals surface area contributed by atoms with Crippen molar-refractivity contribution in [1.29, 1.82) is 0 Å². The van der Waals surface area contributed by atoms with Crippen LogP contribution in [0.3, 0.4) is 0 Å². The van der Waals surface area contributed by atoms with Gasteiger partial charge in [0, 0.05) is 24.0 Å². The first kappa shape index (κ1) is 24.1. The number of hydrogen-bond donors (Lipinski definition) is 0. The third-order valence-corrected chi connectivity index (χ3v) is 5.77. The van der Waals surface area contributed by atoms with Crippen molar-refractivity contribution in [1.82, 2.24) is 0 Å². The molecule has 0 unspecified atom stereocenters. The largest absolute Gasteiger partial charge is 0.294 e. The summed E-state index contributed by atoms with van der Waals surface area (Å²) in [6.45, 7) is 4.44. The highest BCUT2D eigenvalue weighted by Crippen LogP contribution is 2.15. The maximum absolute atomic E-state index is 12.5. The Morgan fingerprint density at radius 3 is 1.23 bits per heavy atom. The fourth-order valence-electron chi connectivity index (χ4n) is 3.74. The van der Waals surface area contributed by atoms with Gasteiger partial charge in [0.15, 0.2) is 11.6 Å². The van der Waals surface area contributed by atoms with Gasteiger partial charge in [0.05, 0.1) is 0 Å². The summed E-state index contributed by atoms with van der Waals surface area (Å²) in [7, 11) is 0. The van der Waals surface area contributed by atoms with Crippen molar-refractivity contribution in [3.8, 4) is 0 Å². The van der Waals surface area contributed by atoms with Gasteiger partial charge in [0.2, 0.25) is 0 Å². The number of Topliss-reactive ketones (excluding diaryl/α,β-unsaturated/α-hetero) is 2. The van der Waals surface area contributed by atoms with Crippen LogP contribution in [0.5, 0.6) is 0 Å². The number of rotatable bonds is 15. The molecule has 0 spiro atoms. The zero-order valence-corrected chi connectivity index (χ0v) is 18.9. The molecule has 0 radical (unpaired) electrons. The van der Waals surface area contributed by atoms with Crippen LogP contribution in [-0.2, 0) is 12.8 Å². The molecule has 0 amide bonds. The molecular weight excluding hydrogens is 368 g/mol. The summed E-state index contributed by atoms with van der Waals surface area (Å²) >= 11 is 0. The fraction of sp³-hybridized carbons (Fsp3) is 0.500. The highest BCUT2D eigenvalue weighted by Gasteiger charge is 2.11. The van der Waals surface area contributed by atoms with E-state index in [0.29, 0.717) is 11.1 Å². The lowest BCUT2D eigenvalue weighted by atomic mass is 9.98. The summed E-state index contributed by atoms with van der Waals surface area (Å²) in [5.41, 5.74) is 3.99. The molecule has 2 aromatic rings. The SMILES string of the molecule is CCCCCCc1ccc(C(=O)CCC(=O)c2ccc(CCCCCC)cc2)cc1. The second kappa shape index (κ2) is 13.9. The first-order chi connectivity index (χ1) is 14.6. The van der Waals surface area contributed by atoms with Crippen molar-refractivity contribution in [2.75, 3.05) is 0 Å². The maximum Gasteiger partial charge on any atom is 0.163 e. The summed E-state index contributed by atoms with van der Waals surface area (Å²) < 4.78 is 0. The summed E-state index contributed by atoms with van der Waals surface area (Å²) in [5.74, 6) is 0.0989. The molecule has 0 aliphatic rings. The van der Waals surface area contributed by atoms with Crippen molar-refractivity contribution in [3.63, 3.8) is 0 Å². The third kappa shape index (κ3) is 8.65. The minimum absolute atomic E-state index is 0.0495. The van der Waals surface area contributed by atoms with Gasteiger partial charge in [-0.15, -0.1) is 0 Å². The molecule has 30 heavy (non-hydrogen) atoms. The van der Waals surface area contributed by atoms with Crippen molar-refractivity contribution < 1.29 is 9.59 Å². The number of carbonyl (C=O) groups excluding carboxylic acids is 2. The standard InChI is InChI=1S/C28H38O2/c1-3-5-7-9-11-23-13-17-25(18-14-23)27(29)21-22-28(30)26-19-15-24(16-20-26)12-10-8-6-4-2/h13-20H,3-12,21-22H2,1-2H3. The van der Waals surface area contributed by atoms with Gasteiger partial charge in [-0.1, -0.05) is 101 Å². The van der Waals surface area contributed by atoms with E-state index in [-0.39, 0.29) is 24.4 Å². The first-order valence-electron chi connectivity index (χ1n) is 11.9. The zero-order valence-electron chi connectivity index (χ0n) is 18.9. The topological polar surface area (TPSA) is 34.1 Å². The summed E-state index contributed by atoms with van der Waals surface area (Å²) in [5, 5.41) is 0. The maximum atomic E-state index is 12.5. The lowest BCUT2D eigenvalue weighted by molar-refractivity contribution is 0.0917. The number of ketones is 2. The first-order valence-corrected chi connectivity index (χ1v) is 11.9. The molecule has 2 heteroatoms. The van der Waals surface area contributed by atoms with Crippen LogP contribution in [0, 0.1) is 0 Å². The normalized spacial score (nSPS) is 10.9. The molecule has 0 fully saturated rings. The predicted octanol–water partition coefficient (Wildman–Crippen LogP) is 7.78. The van der Waals surface area contributed by atoms with Gasteiger partial charge < -0.3 is 0 Å². The molecule has 2 rings (SSSR count). The number of benzene rings is 2. The Hall–Kier alpha value is -2.22. The van der Waals surface area contributed by atoms with E-state index in [1.54, 1.807) is 0 Å². The van der Waals surface area contributed by atoms with E-state index >= 15 is 0 Å². The smallest absolute Gasteiger partial charge is 0.163 e. The van der Waals surface area contributed by atoms with Gasteiger partial charge in [-0.05, 0) is 36.8 Å². The molecule has 162 valence electrons. The summed E-state index contributed by atoms with van der Waals surface area (Å²) in [4.78, 5) is 24.9. The Kier molecular flexibility index (Phi) is 11.1. The zero-order chi connectivity index (χ0) is 21.6. The Balaban J connectivity index is 1.76. The van der Waals surface area contributed by atoms with Crippen LogP contribution in [0.25, 0.3) is 0 Å². The van der Waals surface area contributed by atoms with E-state index in [0.717, 1.165) is 12.8 Å². The Morgan fingerprint density at radius 2 is 0.900 bits per heavy atom. The quantitative estimate of drug-likeness (QED) is 0.223. The summed E-state index contributed by atoms with van der Waals surface area (Å²) in [6, 6.07) is 15.9. The number of carbonyl (C=O) groups is 2. The molecule has 0 heterocycles. The van der Waals surface area contributed by atoms with Gasteiger partial charge in [-0.3, -0.25) is 9.59 Å². The molecule has 0 saturated carbocycles. The lowest BCUT2D eigenvalue weighted by Gasteiger charge is -2.06. The molecule has 0 N–H and O–H groups in total. The molecular formula is C28H38O2. The molecule has 0 saturated heterocycles. The molecule has 0 atom stereocenters. The Labute approximate surface area is 183 Å². The van der Waals surface area contributed by atoms with Crippen molar-refractivity contribution >= 4 is 11.6 Å². The molecule has 2 aromatic carbocycles. The molecule has 0 aliphatic carbocycles. The van der Waals surface area contributed by atoms with E-state index in [1.807, 2.05) is 24.3 Å². The number of unbranched alkanes of at least 4 members (excludes halogenated alkanes) is 6. The van der Waals surface area contributed by atoms with E-state index in [4.69, 9.17) is 0 Å². The average molecular weight is 407 g/mol. The fourth-order valence-corrected chi connectivity index (χ4v) is 3.74. The van der Waals surface area contributed by atoms with Gasteiger partial charge in [0.1, 0.15) is 0 Å². The minimum Gasteiger partial charge on any atom is -0.294 e. The van der Waals surface area contributed by atoms with Gasteiger partial charge >= 0.3 is 0 Å². The van der Waals surface area contributed by atoms with Crippen molar-refractivity contribution in [2.45, 2.75) is 90.9 Å². The van der Waals surface area contributed by atoms with Gasteiger partial charge in [-0.2, -0.15) is 0 Å². The Morgan fingerprint density at radius 1 is 0.533 bits per heavy atom. The minimum atomic E-state index is 0.0495. The second-order valence-electron chi connectivity index (χ2n) is 8.36. The highest BCUT2D eigenvalue weighted by atomic mass is 16.1. The number of aryl methyl sites for hydroxylation is 2. The second-order valence-corrected chi connectivity index (χ2v) is 8.36. The van der Waals surface area contributed by atoms with Crippen LogP contribution in [0.4, 0.5) is 0 Å². The summed E-state index contributed by atoms with van der Waals surface area (Å²) in [6.07, 6.45) is 12.7. The van der Waals surface area contributed by atoms with Crippen LogP contribution < -0.4 is 0 Å². The van der Waals surface area contributed by atoms with Gasteiger partial charge in [-0.25, -0.2) is 0 Å². The van der Waals surface area contributed by atoms with Crippen LogP contribution in [0.15, 0.2) is 48.5 Å². The van der Waals surface area contributed by atoms with Crippen LogP contribution in [0.1, 0.15) is 110 Å². The predicted molar refractivity (Wildman–Crippen MR) is 126 cm³/mol. The van der Waals surface area contributed by atoms with Crippen molar-refractivity contribution in [2.24, 2.45) is 0 Å². The van der Waals surface area contributed by atoms with E-state index in [9.17, 15) is 9.59 Å². The van der Waals surface area contributed by atoms with E-state index < -0.39 is 0 Å². The molecule has 0 aromatic heterocycles. The third-order valence-electron chi connectivity index (χ3n) is 5.77. The van der Waals surface area contributed by atoms with Crippen LogP contribution >= 0.6 is 0 Å². The molecule has 0 bridgehead atoms. The van der Waals surface area contributed by atoms with E-state index in [2.05, 4.69) is 38.1 Å². The average Bonchev–Trinajstić information content (AvgIpc) is 2.78. The van der Waals surface area contributed by atoms with Gasteiger partial charge in [0.25, 0.3) is 0 Å². The molecule has 2 nitrogen and oxygen atoms in total. The Bertz CT molecular complexity index is 689. The van der Waals surface area contributed by atoms with Crippen LogP contribution in [0.2, 0.25) is 0 Å². The number of hydrogen-bond acceptors (Lipinski definition) is 2. The van der Waals surface area contributed by atoms with Crippen LogP contribution in [-0.4, -0.2) is 11.6 Å². The highest BCUT2D eigenvalue weighted by molar-refractivity contribution is 6.02.